The SMILES string of the molecule is CCC[C@H](NC(=O)C1CCCN1C(=O)[C@@H](NC(=O)NC(C)(C)C)C(C)(C)C)C(O)C(=O)NC1CC1. The van der Waals surface area contributed by atoms with E-state index >= 15 is 0 Å². The molecule has 4 atom stereocenters. The minimum atomic E-state index is -1.35. The van der Waals surface area contributed by atoms with E-state index < -0.39 is 47.1 Å². The van der Waals surface area contributed by atoms with Crippen LogP contribution in [0.5, 0.6) is 0 Å². The van der Waals surface area contributed by atoms with E-state index in [0.717, 1.165) is 12.8 Å². The Labute approximate surface area is 209 Å². The average Bonchev–Trinajstić information content (AvgIpc) is 3.39. The van der Waals surface area contributed by atoms with Crippen molar-refractivity contribution in [2.75, 3.05) is 6.54 Å². The quantitative estimate of drug-likeness (QED) is 0.329. The molecule has 2 unspecified atom stereocenters. The van der Waals surface area contributed by atoms with E-state index in [1.54, 1.807) is 0 Å². The van der Waals surface area contributed by atoms with Crippen molar-refractivity contribution in [1.82, 2.24) is 26.2 Å². The highest BCUT2D eigenvalue weighted by Gasteiger charge is 2.43. The number of nitrogens with zero attached hydrogens (tertiary/aromatic N) is 1. The highest BCUT2D eigenvalue weighted by atomic mass is 16.3. The number of hydrogen-bond donors (Lipinski definition) is 5. The maximum absolute atomic E-state index is 13.6. The van der Waals surface area contributed by atoms with Gasteiger partial charge < -0.3 is 31.3 Å². The van der Waals surface area contributed by atoms with Crippen LogP contribution in [-0.4, -0.2) is 76.1 Å². The third kappa shape index (κ3) is 8.66. The van der Waals surface area contributed by atoms with E-state index in [2.05, 4.69) is 21.3 Å². The number of carbonyl (C=O) groups is 4. The minimum absolute atomic E-state index is 0.107. The van der Waals surface area contributed by atoms with E-state index in [9.17, 15) is 24.3 Å². The number of aliphatic hydroxyl groups excluding tert-OH is 1. The standard InChI is InChI=1S/C25H45N5O5/c1-8-10-16(18(31)21(33)26-15-12-13-15)27-20(32)17-11-9-14-30(17)22(34)19(24(2,3)4)28-23(35)29-25(5,6)7/h15-19,31H,8-14H2,1-7H3,(H,26,33)(H,27,32)(H2,28,29,35)/t16-,17?,18?,19+/m0/s1. The van der Waals surface area contributed by atoms with Crippen molar-refractivity contribution in [3.63, 3.8) is 0 Å². The van der Waals surface area contributed by atoms with Gasteiger partial charge in [0.15, 0.2) is 6.10 Å². The van der Waals surface area contributed by atoms with E-state index in [-0.39, 0.29) is 17.9 Å². The summed E-state index contributed by atoms with van der Waals surface area (Å²) in [7, 11) is 0. The summed E-state index contributed by atoms with van der Waals surface area (Å²) < 4.78 is 0. The van der Waals surface area contributed by atoms with Crippen LogP contribution in [0.1, 0.15) is 87.0 Å². The Bertz CT molecular complexity index is 784. The predicted octanol–water partition coefficient (Wildman–Crippen LogP) is 1.41. The largest absolute Gasteiger partial charge is 0.381 e. The first-order chi connectivity index (χ1) is 16.1. The Morgan fingerprint density at radius 3 is 2.14 bits per heavy atom. The summed E-state index contributed by atoms with van der Waals surface area (Å²) in [6.45, 7) is 13.5. The summed E-state index contributed by atoms with van der Waals surface area (Å²) in [6.07, 6.45) is 2.69. The number of rotatable bonds is 9. The number of hydrogen-bond acceptors (Lipinski definition) is 5. The van der Waals surface area contributed by atoms with Crippen LogP contribution < -0.4 is 21.3 Å². The Hall–Kier alpha value is -2.36. The molecule has 1 aliphatic heterocycles. The molecule has 10 heteroatoms. The van der Waals surface area contributed by atoms with Crippen LogP contribution in [0.2, 0.25) is 0 Å². The molecule has 5 amide bonds. The van der Waals surface area contributed by atoms with E-state index in [1.165, 1.54) is 4.90 Å². The van der Waals surface area contributed by atoms with Crippen molar-refractivity contribution in [3.05, 3.63) is 0 Å². The zero-order valence-electron chi connectivity index (χ0n) is 22.4. The van der Waals surface area contributed by atoms with E-state index in [0.29, 0.717) is 32.2 Å². The number of aliphatic hydroxyl groups is 1. The summed E-state index contributed by atoms with van der Waals surface area (Å²) in [5, 5.41) is 21.8. The Morgan fingerprint density at radius 2 is 1.63 bits per heavy atom. The second-order valence-electron chi connectivity index (χ2n) is 12.0. The molecule has 2 fully saturated rings. The minimum Gasteiger partial charge on any atom is -0.381 e. The van der Waals surface area contributed by atoms with E-state index in [4.69, 9.17) is 0 Å². The van der Waals surface area contributed by atoms with Gasteiger partial charge in [0.1, 0.15) is 12.1 Å². The van der Waals surface area contributed by atoms with Gasteiger partial charge in [-0.15, -0.1) is 0 Å². The van der Waals surface area contributed by atoms with Gasteiger partial charge in [-0.05, 0) is 58.3 Å². The van der Waals surface area contributed by atoms with Crippen LogP contribution in [0.3, 0.4) is 0 Å². The first-order valence-electron chi connectivity index (χ1n) is 12.8. The predicted molar refractivity (Wildman–Crippen MR) is 133 cm³/mol. The lowest BCUT2D eigenvalue weighted by Gasteiger charge is -2.36. The molecule has 200 valence electrons. The van der Waals surface area contributed by atoms with Gasteiger partial charge in [-0.3, -0.25) is 14.4 Å². The van der Waals surface area contributed by atoms with Crippen LogP contribution in [0.4, 0.5) is 4.79 Å². The topological polar surface area (TPSA) is 140 Å². The molecule has 1 aliphatic carbocycles. The van der Waals surface area contributed by atoms with Crippen molar-refractivity contribution >= 4 is 23.8 Å². The van der Waals surface area contributed by atoms with Crippen molar-refractivity contribution < 1.29 is 24.3 Å². The fraction of sp³-hybridized carbons (Fsp3) is 0.840. The van der Waals surface area contributed by atoms with Crippen LogP contribution in [-0.2, 0) is 14.4 Å². The zero-order valence-corrected chi connectivity index (χ0v) is 22.4. The molecule has 0 radical (unpaired) electrons. The van der Waals surface area contributed by atoms with Gasteiger partial charge in [-0.1, -0.05) is 34.1 Å². The molecule has 1 saturated carbocycles. The molecular weight excluding hydrogens is 450 g/mol. The molecule has 0 bridgehead atoms. The van der Waals surface area contributed by atoms with Gasteiger partial charge >= 0.3 is 6.03 Å². The summed E-state index contributed by atoms with van der Waals surface area (Å²) in [4.78, 5) is 53.3. The second-order valence-corrected chi connectivity index (χ2v) is 12.0. The van der Waals surface area contributed by atoms with Gasteiger partial charge in [0.25, 0.3) is 5.91 Å². The highest BCUT2D eigenvalue weighted by molar-refractivity contribution is 5.93. The first-order valence-corrected chi connectivity index (χ1v) is 12.8. The molecular formula is C25H45N5O5. The zero-order chi connectivity index (χ0) is 26.6. The normalized spacial score (nSPS) is 21.0. The molecule has 1 heterocycles. The molecule has 5 N–H and O–H groups in total. The molecule has 2 rings (SSSR count). The van der Waals surface area contributed by atoms with Crippen LogP contribution in [0.15, 0.2) is 0 Å². The summed E-state index contributed by atoms with van der Waals surface area (Å²) in [5.41, 5.74) is -1.05. The van der Waals surface area contributed by atoms with Crippen LogP contribution in [0, 0.1) is 5.41 Å². The fourth-order valence-electron chi connectivity index (χ4n) is 4.22. The molecule has 0 aromatic carbocycles. The molecule has 35 heavy (non-hydrogen) atoms. The summed E-state index contributed by atoms with van der Waals surface area (Å²) in [6, 6.07) is -2.63. The molecule has 10 nitrogen and oxygen atoms in total. The number of amides is 5. The van der Waals surface area contributed by atoms with Gasteiger partial charge in [-0.2, -0.15) is 0 Å². The number of urea groups is 1. The van der Waals surface area contributed by atoms with Crippen molar-refractivity contribution in [2.24, 2.45) is 5.41 Å². The Balaban J connectivity index is 2.11. The maximum Gasteiger partial charge on any atom is 0.315 e. The lowest BCUT2D eigenvalue weighted by Crippen LogP contribution is -2.61. The van der Waals surface area contributed by atoms with Crippen molar-refractivity contribution in [1.29, 1.82) is 0 Å². The van der Waals surface area contributed by atoms with Gasteiger partial charge in [-0.25, -0.2) is 4.79 Å². The Kier molecular flexibility index (Phi) is 9.56. The van der Waals surface area contributed by atoms with Gasteiger partial charge in [0, 0.05) is 18.1 Å². The molecule has 1 saturated heterocycles. The first kappa shape index (κ1) is 28.9. The number of likely N-dealkylation sites (tertiary alicyclic amines) is 1. The lowest BCUT2D eigenvalue weighted by molar-refractivity contribution is -0.143. The third-order valence-corrected chi connectivity index (χ3v) is 6.22. The monoisotopic (exact) mass is 495 g/mol. The highest BCUT2D eigenvalue weighted by Crippen LogP contribution is 2.26. The molecule has 2 aliphatic rings. The lowest BCUT2D eigenvalue weighted by atomic mass is 9.85. The maximum atomic E-state index is 13.6. The van der Waals surface area contributed by atoms with Gasteiger partial charge in [0.2, 0.25) is 11.8 Å². The van der Waals surface area contributed by atoms with Gasteiger partial charge in [0.05, 0.1) is 6.04 Å². The van der Waals surface area contributed by atoms with Crippen molar-refractivity contribution in [3.8, 4) is 0 Å². The Morgan fingerprint density at radius 1 is 1.00 bits per heavy atom. The summed E-state index contributed by atoms with van der Waals surface area (Å²) in [5.74, 6) is -1.19. The number of carbonyl (C=O) groups excluding carboxylic acids is 4. The van der Waals surface area contributed by atoms with Crippen molar-refractivity contribution in [2.45, 2.75) is 123 Å². The number of nitrogens with one attached hydrogen (secondary N) is 4. The average molecular weight is 496 g/mol. The van der Waals surface area contributed by atoms with E-state index in [1.807, 2.05) is 48.5 Å². The summed E-state index contributed by atoms with van der Waals surface area (Å²) >= 11 is 0. The second kappa shape index (κ2) is 11.6. The molecule has 0 aromatic heterocycles. The van der Waals surface area contributed by atoms with Crippen LogP contribution >= 0.6 is 0 Å². The molecule has 0 aromatic rings. The molecule has 0 spiro atoms. The van der Waals surface area contributed by atoms with Crippen LogP contribution in [0.25, 0.3) is 0 Å². The third-order valence-electron chi connectivity index (χ3n) is 6.22. The smallest absolute Gasteiger partial charge is 0.315 e. The fourth-order valence-corrected chi connectivity index (χ4v) is 4.22.